The molecule has 0 N–H and O–H groups in total. The molecule has 0 aliphatic carbocycles. The minimum Gasteiger partial charge on any atom is -0.494 e. The summed E-state index contributed by atoms with van der Waals surface area (Å²) in [6.45, 7) is 1.53. The van der Waals surface area contributed by atoms with Crippen LogP contribution in [0, 0.1) is 0 Å². The largest absolute Gasteiger partial charge is 0.494 e. The molecule has 0 spiro atoms. The molecule has 17 heavy (non-hydrogen) atoms. The van der Waals surface area contributed by atoms with Gasteiger partial charge in [0.05, 0.1) is 12.9 Å². The molecule has 1 radical (unpaired) electrons. The molecule has 0 fully saturated rings. The smallest absolute Gasteiger partial charge is 0.233 e. The quantitative estimate of drug-likeness (QED) is 0.709. The number of imidazole rings is 1. The molecule has 1 aromatic heterocycles. The summed E-state index contributed by atoms with van der Waals surface area (Å²) in [5.74, 6) is 0.773. The lowest BCUT2D eigenvalue weighted by Gasteiger charge is -2.06. The standard InChI is InChI=1S/C13H13N2O2/c16-10-12-2-4-13(5-3-12)17-9-1-7-15-8-6-14-11-15/h2-6,8,11H,1,7,9H2. The van der Waals surface area contributed by atoms with E-state index in [1.54, 1.807) is 36.8 Å². The highest BCUT2D eigenvalue weighted by atomic mass is 16.5. The summed E-state index contributed by atoms with van der Waals surface area (Å²) in [4.78, 5) is 14.3. The molecule has 0 saturated carbocycles. The third-order valence-corrected chi connectivity index (χ3v) is 2.36. The number of aromatic nitrogens is 2. The summed E-state index contributed by atoms with van der Waals surface area (Å²) in [6.07, 6.45) is 8.21. The molecule has 2 rings (SSSR count). The number of hydrogen-bond donors (Lipinski definition) is 0. The van der Waals surface area contributed by atoms with Crippen molar-refractivity contribution >= 4 is 6.29 Å². The summed E-state index contributed by atoms with van der Waals surface area (Å²) in [6, 6.07) is 6.94. The lowest BCUT2D eigenvalue weighted by Crippen LogP contribution is -2.03. The Morgan fingerprint density at radius 1 is 1.29 bits per heavy atom. The van der Waals surface area contributed by atoms with Crippen molar-refractivity contribution in [3.8, 4) is 5.75 Å². The third-order valence-electron chi connectivity index (χ3n) is 2.36. The van der Waals surface area contributed by atoms with Gasteiger partial charge in [-0.2, -0.15) is 0 Å². The van der Waals surface area contributed by atoms with Crippen LogP contribution < -0.4 is 4.74 Å². The average molecular weight is 229 g/mol. The van der Waals surface area contributed by atoms with Crippen molar-refractivity contribution in [2.24, 2.45) is 0 Å². The third kappa shape index (κ3) is 3.45. The van der Waals surface area contributed by atoms with Crippen LogP contribution in [0.15, 0.2) is 43.0 Å². The van der Waals surface area contributed by atoms with Gasteiger partial charge >= 0.3 is 0 Å². The van der Waals surface area contributed by atoms with E-state index in [2.05, 4.69) is 4.98 Å². The number of rotatable bonds is 6. The van der Waals surface area contributed by atoms with Gasteiger partial charge in [0, 0.05) is 24.5 Å². The van der Waals surface area contributed by atoms with Crippen LogP contribution >= 0.6 is 0 Å². The molecule has 1 heterocycles. The minimum atomic E-state index is 0.538. The fourth-order valence-electron chi connectivity index (χ4n) is 1.48. The van der Waals surface area contributed by atoms with Crippen molar-refractivity contribution in [3.05, 3.63) is 48.5 Å². The highest BCUT2D eigenvalue weighted by molar-refractivity contribution is 5.75. The molecular weight excluding hydrogens is 216 g/mol. The Bertz CT molecular complexity index is 449. The molecule has 87 valence electrons. The normalized spacial score (nSPS) is 10.1. The van der Waals surface area contributed by atoms with E-state index in [9.17, 15) is 4.79 Å². The fraction of sp³-hybridized carbons (Fsp3) is 0.231. The zero-order valence-corrected chi connectivity index (χ0v) is 9.37. The van der Waals surface area contributed by atoms with E-state index in [1.807, 2.05) is 17.1 Å². The Hall–Kier alpha value is -2.10. The molecule has 0 amide bonds. The molecule has 0 aliphatic rings. The van der Waals surface area contributed by atoms with E-state index in [1.165, 1.54) is 0 Å². The molecule has 4 heteroatoms. The van der Waals surface area contributed by atoms with Gasteiger partial charge in [0.25, 0.3) is 0 Å². The number of aryl methyl sites for hydroxylation is 1. The van der Waals surface area contributed by atoms with Crippen LogP contribution in [0.5, 0.6) is 5.75 Å². The van der Waals surface area contributed by atoms with Gasteiger partial charge in [0.1, 0.15) is 5.75 Å². The van der Waals surface area contributed by atoms with Gasteiger partial charge in [-0.15, -0.1) is 0 Å². The second-order valence-corrected chi connectivity index (χ2v) is 3.63. The molecule has 0 saturated heterocycles. The van der Waals surface area contributed by atoms with Crippen molar-refractivity contribution in [2.75, 3.05) is 6.61 Å². The zero-order chi connectivity index (χ0) is 11.9. The molecule has 0 atom stereocenters. The Morgan fingerprint density at radius 2 is 2.12 bits per heavy atom. The lowest BCUT2D eigenvalue weighted by molar-refractivity contribution is 0.302. The molecule has 4 nitrogen and oxygen atoms in total. The summed E-state index contributed by atoms with van der Waals surface area (Å²) >= 11 is 0. The Kier molecular flexibility index (Phi) is 3.91. The van der Waals surface area contributed by atoms with Crippen molar-refractivity contribution in [1.29, 1.82) is 0 Å². The minimum absolute atomic E-state index is 0.538. The van der Waals surface area contributed by atoms with Gasteiger partial charge in [-0.05, 0) is 30.7 Å². The summed E-state index contributed by atoms with van der Waals surface area (Å²) in [5, 5.41) is 0. The van der Waals surface area contributed by atoms with Gasteiger partial charge in [0.2, 0.25) is 6.29 Å². The Balaban J connectivity index is 1.72. The second-order valence-electron chi connectivity index (χ2n) is 3.63. The topological polar surface area (TPSA) is 44.1 Å². The fourth-order valence-corrected chi connectivity index (χ4v) is 1.48. The molecule has 2 aromatic rings. The van der Waals surface area contributed by atoms with E-state index in [0.717, 1.165) is 18.7 Å². The maximum absolute atomic E-state index is 10.3. The molecule has 1 aromatic carbocycles. The summed E-state index contributed by atoms with van der Waals surface area (Å²) in [5.41, 5.74) is 0.538. The van der Waals surface area contributed by atoms with Crippen LogP contribution in [0.25, 0.3) is 0 Å². The predicted octanol–water partition coefficient (Wildman–Crippen LogP) is 1.81. The van der Waals surface area contributed by atoms with Crippen LogP contribution in [0.1, 0.15) is 12.0 Å². The Morgan fingerprint density at radius 3 is 2.76 bits per heavy atom. The van der Waals surface area contributed by atoms with E-state index in [4.69, 9.17) is 4.74 Å². The van der Waals surface area contributed by atoms with Crippen LogP contribution in [-0.2, 0) is 11.3 Å². The average Bonchev–Trinajstić information content (AvgIpc) is 2.88. The van der Waals surface area contributed by atoms with E-state index < -0.39 is 0 Å². The summed E-state index contributed by atoms with van der Waals surface area (Å²) in [7, 11) is 0. The van der Waals surface area contributed by atoms with Crippen molar-refractivity contribution in [3.63, 3.8) is 0 Å². The van der Waals surface area contributed by atoms with Crippen LogP contribution in [0.3, 0.4) is 0 Å². The Labute approximate surface area is 99.9 Å². The first-order valence-corrected chi connectivity index (χ1v) is 5.45. The van der Waals surface area contributed by atoms with Gasteiger partial charge in [0.15, 0.2) is 0 Å². The first kappa shape index (κ1) is 11.4. The maximum atomic E-state index is 10.3. The number of carbonyl (C=O) groups excluding carboxylic acids is 1. The molecule has 0 unspecified atom stereocenters. The number of nitrogens with zero attached hydrogens (tertiary/aromatic N) is 2. The highest BCUT2D eigenvalue weighted by Crippen LogP contribution is 2.11. The first-order valence-electron chi connectivity index (χ1n) is 5.45. The SMILES string of the molecule is O=[C]c1ccc(OCCCn2ccnc2)cc1. The van der Waals surface area contributed by atoms with Crippen LogP contribution in [0.2, 0.25) is 0 Å². The number of hydrogen-bond acceptors (Lipinski definition) is 3. The maximum Gasteiger partial charge on any atom is 0.233 e. The zero-order valence-electron chi connectivity index (χ0n) is 9.37. The van der Waals surface area contributed by atoms with Gasteiger partial charge in [-0.25, -0.2) is 4.98 Å². The number of benzene rings is 1. The predicted molar refractivity (Wildman–Crippen MR) is 63.6 cm³/mol. The molecule has 0 aliphatic heterocycles. The molecule has 0 bridgehead atoms. The summed E-state index contributed by atoms with van der Waals surface area (Å²) < 4.78 is 7.55. The first-order chi connectivity index (χ1) is 8.38. The lowest BCUT2D eigenvalue weighted by atomic mass is 10.2. The van der Waals surface area contributed by atoms with Crippen LogP contribution in [0.4, 0.5) is 0 Å². The van der Waals surface area contributed by atoms with E-state index >= 15 is 0 Å². The number of ether oxygens (including phenoxy) is 1. The van der Waals surface area contributed by atoms with Crippen molar-refractivity contribution in [2.45, 2.75) is 13.0 Å². The van der Waals surface area contributed by atoms with Crippen LogP contribution in [-0.4, -0.2) is 22.4 Å². The van der Waals surface area contributed by atoms with Crippen molar-refractivity contribution < 1.29 is 9.53 Å². The second kappa shape index (κ2) is 5.84. The van der Waals surface area contributed by atoms with Gasteiger partial charge in [-0.3, -0.25) is 4.79 Å². The van der Waals surface area contributed by atoms with Gasteiger partial charge < -0.3 is 9.30 Å². The van der Waals surface area contributed by atoms with Crippen molar-refractivity contribution in [1.82, 2.24) is 9.55 Å². The van der Waals surface area contributed by atoms with Gasteiger partial charge in [-0.1, -0.05) is 0 Å². The highest BCUT2D eigenvalue weighted by Gasteiger charge is 1.95. The molecular formula is C13H13N2O2. The van der Waals surface area contributed by atoms with E-state index in [-0.39, 0.29) is 0 Å². The monoisotopic (exact) mass is 229 g/mol. The van der Waals surface area contributed by atoms with E-state index in [0.29, 0.717) is 12.2 Å².